The Kier molecular flexibility index (Phi) is 6.11. The molecule has 0 saturated carbocycles. The average Bonchev–Trinajstić information content (AvgIpc) is 2.44. The number of non-ortho nitro benzene ring substituents is 1. The number of carbonyl (C=O) groups excluding carboxylic acids is 1. The Morgan fingerprint density at radius 3 is 2.40 bits per heavy atom. The molecule has 0 aliphatic carbocycles. The first-order valence-electron chi connectivity index (χ1n) is 6.73. The van der Waals surface area contributed by atoms with Crippen LogP contribution in [0, 0.1) is 10.1 Å². The second-order valence-corrected chi connectivity index (χ2v) is 4.75. The van der Waals surface area contributed by atoms with Crippen LogP contribution in [-0.4, -0.2) is 23.4 Å². The Labute approximate surface area is 118 Å². The van der Waals surface area contributed by atoms with Crippen LogP contribution in [0.5, 0.6) is 0 Å². The Balaban J connectivity index is 2.59. The summed E-state index contributed by atoms with van der Waals surface area (Å²) in [4.78, 5) is 21.9. The van der Waals surface area contributed by atoms with Crippen LogP contribution >= 0.6 is 0 Å². The molecule has 1 aromatic rings. The van der Waals surface area contributed by atoms with Crippen molar-refractivity contribution in [3.05, 3.63) is 39.9 Å². The van der Waals surface area contributed by atoms with E-state index in [1.165, 1.54) is 12.1 Å². The summed E-state index contributed by atoms with van der Waals surface area (Å²) in [5, 5.41) is 16.6. The van der Waals surface area contributed by atoms with Crippen molar-refractivity contribution in [3.63, 3.8) is 0 Å². The molecule has 0 bridgehead atoms. The van der Waals surface area contributed by atoms with Gasteiger partial charge in [-0.15, -0.1) is 0 Å². The smallest absolute Gasteiger partial charge is 0.269 e. The summed E-state index contributed by atoms with van der Waals surface area (Å²) in [5.74, 6) is -0.0411. The van der Waals surface area contributed by atoms with Crippen LogP contribution in [0.15, 0.2) is 24.3 Å². The summed E-state index contributed by atoms with van der Waals surface area (Å²) in [6, 6.07) is 5.97. The minimum absolute atomic E-state index is 0.0411. The van der Waals surface area contributed by atoms with Crippen LogP contribution in [0.25, 0.3) is 0 Å². The Morgan fingerprint density at radius 1 is 1.30 bits per heavy atom. The molecule has 6 nitrogen and oxygen atoms in total. The molecule has 20 heavy (non-hydrogen) atoms. The highest BCUT2D eigenvalue weighted by molar-refractivity contribution is 5.81. The van der Waals surface area contributed by atoms with Crippen molar-refractivity contribution in [1.82, 2.24) is 10.6 Å². The number of nitro benzene ring substituents is 1. The van der Waals surface area contributed by atoms with Gasteiger partial charge in [0.05, 0.1) is 11.0 Å². The number of carbonyl (C=O) groups is 1. The molecule has 110 valence electrons. The van der Waals surface area contributed by atoms with E-state index in [4.69, 9.17) is 0 Å². The lowest BCUT2D eigenvalue weighted by Gasteiger charge is -2.19. The van der Waals surface area contributed by atoms with Crippen LogP contribution < -0.4 is 10.6 Å². The third kappa shape index (κ3) is 4.62. The van der Waals surface area contributed by atoms with Gasteiger partial charge in [-0.2, -0.15) is 0 Å². The molecule has 0 radical (unpaired) electrons. The highest BCUT2D eigenvalue weighted by Crippen LogP contribution is 2.17. The van der Waals surface area contributed by atoms with Crippen molar-refractivity contribution in [3.8, 4) is 0 Å². The number of nitrogens with zero attached hydrogens (tertiary/aromatic N) is 1. The maximum atomic E-state index is 11.7. The molecule has 0 aromatic heterocycles. The van der Waals surface area contributed by atoms with Gasteiger partial charge in [0.15, 0.2) is 0 Å². The van der Waals surface area contributed by atoms with Crippen LogP contribution in [0.2, 0.25) is 0 Å². The summed E-state index contributed by atoms with van der Waals surface area (Å²) in [6.45, 7) is 6.38. The highest BCUT2D eigenvalue weighted by Gasteiger charge is 2.16. The number of nitro groups is 1. The molecule has 0 heterocycles. The molecule has 0 spiro atoms. The fourth-order valence-corrected chi connectivity index (χ4v) is 1.83. The number of benzene rings is 1. The first kappa shape index (κ1) is 16.1. The number of hydrogen-bond acceptors (Lipinski definition) is 4. The second-order valence-electron chi connectivity index (χ2n) is 4.75. The van der Waals surface area contributed by atoms with Crippen molar-refractivity contribution < 1.29 is 9.72 Å². The van der Waals surface area contributed by atoms with Crippen LogP contribution in [0.3, 0.4) is 0 Å². The molecule has 0 saturated heterocycles. The minimum atomic E-state index is -0.428. The zero-order valence-electron chi connectivity index (χ0n) is 12.1. The van der Waals surface area contributed by atoms with Crippen molar-refractivity contribution in [1.29, 1.82) is 0 Å². The molecule has 0 fully saturated rings. The van der Waals surface area contributed by atoms with Crippen molar-refractivity contribution in [2.24, 2.45) is 0 Å². The Morgan fingerprint density at radius 2 is 1.90 bits per heavy atom. The molecule has 0 aliphatic rings. The van der Waals surface area contributed by atoms with Gasteiger partial charge in [0, 0.05) is 24.7 Å². The van der Waals surface area contributed by atoms with Gasteiger partial charge in [0.2, 0.25) is 5.91 Å². The zero-order chi connectivity index (χ0) is 15.1. The monoisotopic (exact) mass is 279 g/mol. The van der Waals surface area contributed by atoms with E-state index in [1.807, 2.05) is 13.8 Å². The van der Waals surface area contributed by atoms with Gasteiger partial charge in [-0.3, -0.25) is 20.2 Å². The molecule has 2 atom stereocenters. The van der Waals surface area contributed by atoms with E-state index in [-0.39, 0.29) is 23.7 Å². The topological polar surface area (TPSA) is 84.3 Å². The molecule has 1 aromatic carbocycles. The van der Waals surface area contributed by atoms with Gasteiger partial charge in [-0.25, -0.2) is 0 Å². The molecule has 0 aliphatic heterocycles. The van der Waals surface area contributed by atoms with E-state index in [2.05, 4.69) is 10.6 Å². The summed E-state index contributed by atoms with van der Waals surface area (Å²) in [5.41, 5.74) is 0.973. The molecule has 1 rings (SSSR count). The van der Waals surface area contributed by atoms with E-state index in [0.29, 0.717) is 6.54 Å². The lowest BCUT2D eigenvalue weighted by molar-refractivity contribution is -0.384. The summed E-state index contributed by atoms with van der Waals surface area (Å²) in [6.07, 6.45) is 0.899. The maximum Gasteiger partial charge on any atom is 0.269 e. The summed E-state index contributed by atoms with van der Waals surface area (Å²) >= 11 is 0. The average molecular weight is 279 g/mol. The normalized spacial score (nSPS) is 13.6. The first-order valence-corrected chi connectivity index (χ1v) is 6.73. The minimum Gasteiger partial charge on any atom is -0.355 e. The fourth-order valence-electron chi connectivity index (χ4n) is 1.83. The number of rotatable bonds is 7. The fraction of sp³-hybridized carbons (Fsp3) is 0.500. The summed E-state index contributed by atoms with van der Waals surface area (Å²) < 4.78 is 0. The molecular weight excluding hydrogens is 258 g/mol. The lowest BCUT2D eigenvalue weighted by atomic mass is 10.1. The van der Waals surface area contributed by atoms with Crippen molar-refractivity contribution >= 4 is 11.6 Å². The molecule has 6 heteroatoms. The van der Waals surface area contributed by atoms with Crippen LogP contribution in [0.1, 0.15) is 38.8 Å². The van der Waals surface area contributed by atoms with Gasteiger partial charge in [-0.05, 0) is 25.8 Å². The first-order chi connectivity index (χ1) is 9.45. The SMILES string of the molecule is CCCNC(=O)C(C)NC(C)c1ccc([N+](=O)[O-])cc1. The van der Waals surface area contributed by atoms with Gasteiger partial charge < -0.3 is 5.32 Å². The predicted molar refractivity (Wildman–Crippen MR) is 77.4 cm³/mol. The quantitative estimate of drug-likeness (QED) is 0.591. The zero-order valence-corrected chi connectivity index (χ0v) is 12.1. The third-order valence-electron chi connectivity index (χ3n) is 3.05. The number of amides is 1. The number of nitrogens with one attached hydrogen (secondary N) is 2. The van der Waals surface area contributed by atoms with Crippen LogP contribution in [0.4, 0.5) is 5.69 Å². The molecule has 1 amide bonds. The largest absolute Gasteiger partial charge is 0.355 e. The van der Waals surface area contributed by atoms with E-state index in [0.717, 1.165) is 12.0 Å². The lowest BCUT2D eigenvalue weighted by Crippen LogP contribution is -2.43. The summed E-state index contributed by atoms with van der Waals surface area (Å²) in [7, 11) is 0. The number of hydrogen-bond donors (Lipinski definition) is 2. The Hall–Kier alpha value is -1.95. The molecule has 2 unspecified atom stereocenters. The molecule has 2 N–H and O–H groups in total. The molecular formula is C14H21N3O3. The van der Waals surface area contributed by atoms with E-state index in [1.54, 1.807) is 19.1 Å². The van der Waals surface area contributed by atoms with E-state index in [9.17, 15) is 14.9 Å². The second kappa shape index (κ2) is 7.59. The van der Waals surface area contributed by atoms with Gasteiger partial charge >= 0.3 is 0 Å². The Bertz CT molecular complexity index is 459. The van der Waals surface area contributed by atoms with Gasteiger partial charge in [-0.1, -0.05) is 19.1 Å². The standard InChI is InChI=1S/C14H21N3O3/c1-4-9-15-14(18)11(3)16-10(2)12-5-7-13(8-6-12)17(19)20/h5-8,10-11,16H,4,9H2,1-3H3,(H,15,18). The van der Waals surface area contributed by atoms with Gasteiger partial charge in [0.25, 0.3) is 5.69 Å². The third-order valence-corrected chi connectivity index (χ3v) is 3.05. The predicted octanol–water partition coefficient (Wildman–Crippen LogP) is 2.16. The van der Waals surface area contributed by atoms with Crippen molar-refractivity contribution in [2.75, 3.05) is 6.54 Å². The maximum absolute atomic E-state index is 11.7. The van der Waals surface area contributed by atoms with Gasteiger partial charge in [0.1, 0.15) is 0 Å². The van der Waals surface area contributed by atoms with Crippen LogP contribution in [-0.2, 0) is 4.79 Å². The van der Waals surface area contributed by atoms with E-state index < -0.39 is 4.92 Å². The van der Waals surface area contributed by atoms with E-state index >= 15 is 0 Å². The highest BCUT2D eigenvalue weighted by atomic mass is 16.6. The van der Waals surface area contributed by atoms with Crippen molar-refractivity contribution in [2.45, 2.75) is 39.3 Å².